The van der Waals surface area contributed by atoms with Crippen molar-refractivity contribution in [1.29, 1.82) is 0 Å². The molecule has 26 heavy (non-hydrogen) atoms. The zero-order valence-corrected chi connectivity index (χ0v) is 15.2. The van der Waals surface area contributed by atoms with Crippen LogP contribution in [0.2, 0.25) is 0 Å². The van der Waals surface area contributed by atoms with Crippen molar-refractivity contribution in [1.82, 2.24) is 0 Å². The van der Waals surface area contributed by atoms with Crippen molar-refractivity contribution in [3.63, 3.8) is 0 Å². The summed E-state index contributed by atoms with van der Waals surface area (Å²) in [5.74, 6) is 2.82. The van der Waals surface area contributed by atoms with E-state index in [-0.39, 0.29) is 0 Å². The summed E-state index contributed by atoms with van der Waals surface area (Å²) in [6.45, 7) is 0. The van der Waals surface area contributed by atoms with Gasteiger partial charge in [-0.3, -0.25) is 0 Å². The van der Waals surface area contributed by atoms with Crippen LogP contribution in [0.1, 0.15) is 0 Å². The second kappa shape index (κ2) is 6.26. The first-order valence-corrected chi connectivity index (χ1v) is 8.25. The van der Waals surface area contributed by atoms with E-state index in [1.807, 2.05) is 24.4 Å². The van der Waals surface area contributed by atoms with Gasteiger partial charge in [0.1, 0.15) is 0 Å². The minimum absolute atomic E-state index is 0.676. The van der Waals surface area contributed by atoms with Crippen molar-refractivity contribution in [2.75, 3.05) is 28.4 Å². The molecule has 2 heterocycles. The van der Waals surface area contributed by atoms with Gasteiger partial charge in [0.15, 0.2) is 17.2 Å². The average Bonchev–Trinajstić information content (AvgIpc) is 2.70. The van der Waals surface area contributed by atoms with E-state index in [1.165, 1.54) is 0 Å². The first-order valence-electron chi connectivity index (χ1n) is 8.25. The Balaban J connectivity index is 2.13. The van der Waals surface area contributed by atoms with Crippen LogP contribution in [0.3, 0.4) is 0 Å². The molecule has 0 saturated heterocycles. The summed E-state index contributed by atoms with van der Waals surface area (Å²) in [7, 11) is 6.58. The monoisotopic (exact) mass is 350 g/mol. The number of ether oxygens (including phenoxy) is 4. The lowest BCUT2D eigenvalue weighted by atomic mass is 10.0. The fourth-order valence-electron chi connectivity index (χ4n) is 3.40. The van der Waals surface area contributed by atoms with Gasteiger partial charge in [-0.15, -0.1) is 0 Å². The lowest BCUT2D eigenvalue weighted by Crippen LogP contribution is -2.23. The van der Waals surface area contributed by atoms with Crippen LogP contribution in [-0.2, 0) is 0 Å². The van der Waals surface area contributed by atoms with E-state index in [0.29, 0.717) is 17.2 Å². The molecule has 0 unspecified atom stereocenters. The van der Waals surface area contributed by atoms with Gasteiger partial charge in [-0.1, -0.05) is 6.07 Å². The molecule has 0 saturated carbocycles. The molecule has 0 spiro atoms. The third-order valence-corrected chi connectivity index (χ3v) is 4.68. The predicted octanol–water partition coefficient (Wildman–Crippen LogP) is 3.77. The number of benzene rings is 2. The Kier molecular flexibility index (Phi) is 3.92. The van der Waals surface area contributed by atoms with Crippen molar-refractivity contribution in [2.24, 2.45) is 0 Å². The van der Waals surface area contributed by atoms with E-state index < -0.39 is 0 Å². The molecule has 132 valence electrons. The third-order valence-electron chi connectivity index (χ3n) is 4.68. The highest BCUT2D eigenvalue weighted by Crippen LogP contribution is 2.37. The molecule has 0 bridgehead atoms. The van der Waals surface area contributed by atoms with Crippen LogP contribution in [0, 0.1) is 0 Å². The minimum Gasteiger partial charge on any atom is -0.493 e. The second-order valence-corrected chi connectivity index (χ2v) is 5.97. The second-order valence-electron chi connectivity index (χ2n) is 5.97. The standard InChI is InChI=1S/C21H20NO4/c1-23-18-8-6-13-9-14-5-7-15-10-19(24-2)20(25-3)12-22(15)17(14)11-16(13)21(18)26-4/h5-12H,1-4H3/q+1. The maximum absolute atomic E-state index is 5.61. The van der Waals surface area contributed by atoms with Crippen LogP contribution >= 0.6 is 0 Å². The molecule has 2 aromatic carbocycles. The van der Waals surface area contributed by atoms with Gasteiger partial charge in [0, 0.05) is 22.9 Å². The maximum Gasteiger partial charge on any atom is 0.226 e. The summed E-state index contributed by atoms with van der Waals surface area (Å²) in [5.41, 5.74) is 2.05. The van der Waals surface area contributed by atoms with E-state index in [1.54, 1.807) is 28.4 Å². The van der Waals surface area contributed by atoms with Gasteiger partial charge >= 0.3 is 0 Å². The Morgan fingerprint density at radius 1 is 0.654 bits per heavy atom. The Labute approximate surface area is 151 Å². The molecule has 5 heteroatoms. The molecule has 0 aliphatic carbocycles. The first-order chi connectivity index (χ1) is 12.7. The summed E-state index contributed by atoms with van der Waals surface area (Å²) in [6.07, 6.45) is 1.94. The van der Waals surface area contributed by atoms with Gasteiger partial charge < -0.3 is 18.9 Å². The molecule has 0 aliphatic rings. The van der Waals surface area contributed by atoms with Crippen molar-refractivity contribution in [3.8, 4) is 23.0 Å². The van der Waals surface area contributed by atoms with Crippen LogP contribution in [0.4, 0.5) is 0 Å². The number of nitrogens with zero attached hydrogens (tertiary/aromatic N) is 1. The summed E-state index contributed by atoms with van der Waals surface area (Å²) in [4.78, 5) is 0. The third kappa shape index (κ3) is 2.36. The molecule has 5 nitrogen and oxygen atoms in total. The number of fused-ring (bicyclic) bond motifs is 4. The van der Waals surface area contributed by atoms with Crippen molar-refractivity contribution in [2.45, 2.75) is 0 Å². The Morgan fingerprint density at radius 2 is 1.38 bits per heavy atom. The molecule has 0 amide bonds. The van der Waals surface area contributed by atoms with Crippen LogP contribution < -0.4 is 23.3 Å². The molecule has 0 atom stereocenters. The summed E-state index contributed by atoms with van der Waals surface area (Å²) in [6, 6.07) is 14.4. The highest BCUT2D eigenvalue weighted by molar-refractivity contribution is 6.00. The first kappa shape index (κ1) is 16.3. The molecule has 4 rings (SSSR count). The van der Waals surface area contributed by atoms with Gasteiger partial charge in [-0.25, -0.2) is 0 Å². The topological polar surface area (TPSA) is 41.0 Å². The molecule has 0 N–H and O–H groups in total. The minimum atomic E-state index is 0.676. The van der Waals surface area contributed by atoms with E-state index in [4.69, 9.17) is 18.9 Å². The van der Waals surface area contributed by atoms with Crippen molar-refractivity contribution in [3.05, 3.63) is 48.7 Å². The van der Waals surface area contributed by atoms with Crippen LogP contribution in [-0.4, -0.2) is 28.4 Å². The fourth-order valence-corrected chi connectivity index (χ4v) is 3.40. The van der Waals surface area contributed by atoms with E-state index in [2.05, 4.69) is 28.7 Å². The maximum atomic E-state index is 5.61. The van der Waals surface area contributed by atoms with Gasteiger partial charge in [0.05, 0.1) is 34.5 Å². The van der Waals surface area contributed by atoms with Crippen LogP contribution in [0.15, 0.2) is 48.7 Å². The lowest BCUT2D eigenvalue weighted by molar-refractivity contribution is -0.482. The highest BCUT2D eigenvalue weighted by Gasteiger charge is 2.18. The molecular formula is C21H20NO4+. The number of pyridine rings is 2. The van der Waals surface area contributed by atoms with Gasteiger partial charge in [-0.05, 0) is 23.6 Å². The lowest BCUT2D eigenvalue weighted by Gasteiger charge is -2.11. The van der Waals surface area contributed by atoms with E-state index in [9.17, 15) is 0 Å². The Morgan fingerprint density at radius 3 is 2.08 bits per heavy atom. The van der Waals surface area contributed by atoms with E-state index in [0.717, 1.165) is 32.9 Å². The zero-order chi connectivity index (χ0) is 18.3. The quantitative estimate of drug-likeness (QED) is 0.319. The summed E-state index contributed by atoms with van der Waals surface area (Å²) >= 11 is 0. The van der Waals surface area contributed by atoms with Gasteiger partial charge in [-0.2, -0.15) is 4.40 Å². The molecule has 0 aliphatic heterocycles. The molecule has 4 aromatic rings. The molecule has 2 aromatic heterocycles. The number of hydrogen-bond acceptors (Lipinski definition) is 4. The van der Waals surface area contributed by atoms with Crippen molar-refractivity contribution >= 4 is 27.2 Å². The average molecular weight is 350 g/mol. The SMILES string of the molecule is COc1cc2ccc3cc4ccc(OC)c(OC)c4cc3[n+]2cc1OC. The molecular weight excluding hydrogens is 330 g/mol. The van der Waals surface area contributed by atoms with Gasteiger partial charge in [0.2, 0.25) is 23.0 Å². The Bertz CT molecular complexity index is 1140. The van der Waals surface area contributed by atoms with E-state index >= 15 is 0 Å². The van der Waals surface area contributed by atoms with Crippen LogP contribution in [0.25, 0.3) is 27.2 Å². The Hall–Kier alpha value is -3.21. The molecule has 0 radical (unpaired) electrons. The number of aromatic nitrogens is 1. The largest absolute Gasteiger partial charge is 0.493 e. The zero-order valence-electron chi connectivity index (χ0n) is 15.2. The van der Waals surface area contributed by atoms with Gasteiger partial charge in [0.25, 0.3) is 0 Å². The number of rotatable bonds is 4. The fraction of sp³-hybridized carbons (Fsp3) is 0.190. The number of methoxy groups -OCH3 is 4. The molecule has 0 fully saturated rings. The summed E-state index contributed by atoms with van der Waals surface area (Å²) in [5, 5.41) is 3.21. The van der Waals surface area contributed by atoms with Crippen LogP contribution in [0.5, 0.6) is 23.0 Å². The predicted molar refractivity (Wildman–Crippen MR) is 101 cm³/mol. The number of hydrogen-bond donors (Lipinski definition) is 0. The summed E-state index contributed by atoms with van der Waals surface area (Å²) < 4.78 is 24.0. The smallest absolute Gasteiger partial charge is 0.226 e. The van der Waals surface area contributed by atoms with Crippen molar-refractivity contribution < 1.29 is 23.3 Å². The highest BCUT2D eigenvalue weighted by atomic mass is 16.5. The normalized spacial score (nSPS) is 11.1.